The number of ether oxygens (including phenoxy) is 2. The predicted molar refractivity (Wildman–Crippen MR) is 142 cm³/mol. The number of carbonyl (C=O) groups excluding carboxylic acids is 1. The number of non-ortho nitro benzene ring substituents is 1. The normalized spacial score (nSPS) is 10.9. The fraction of sp³-hybridized carbons (Fsp3) is 0.0769. The first-order valence-electron chi connectivity index (χ1n) is 10.5. The van der Waals surface area contributed by atoms with E-state index in [2.05, 4.69) is 51.3 Å². The van der Waals surface area contributed by atoms with Gasteiger partial charge in [-0.3, -0.25) is 14.9 Å². The Kier molecular flexibility index (Phi) is 7.56. The molecule has 0 aliphatic carbocycles. The van der Waals surface area contributed by atoms with Crippen LogP contribution in [0.2, 0.25) is 0 Å². The Morgan fingerprint density at radius 3 is 2.57 bits per heavy atom. The van der Waals surface area contributed by atoms with Crippen molar-refractivity contribution in [1.82, 2.24) is 5.43 Å². The Balaban J connectivity index is 1.45. The monoisotopic (exact) mass is 581 g/mol. The Morgan fingerprint density at radius 1 is 1.09 bits per heavy atom. The Hall–Kier alpha value is -3.99. The van der Waals surface area contributed by atoms with Gasteiger partial charge in [-0.1, -0.05) is 42.5 Å². The van der Waals surface area contributed by atoms with E-state index in [-0.39, 0.29) is 11.3 Å². The highest BCUT2D eigenvalue weighted by atomic mass is 127. The van der Waals surface area contributed by atoms with E-state index in [1.807, 2.05) is 30.3 Å². The van der Waals surface area contributed by atoms with Gasteiger partial charge in [-0.2, -0.15) is 5.10 Å². The molecule has 0 heterocycles. The fourth-order valence-electron chi connectivity index (χ4n) is 3.49. The van der Waals surface area contributed by atoms with Gasteiger partial charge >= 0.3 is 0 Å². The van der Waals surface area contributed by atoms with Crippen LogP contribution in [0.1, 0.15) is 21.5 Å². The van der Waals surface area contributed by atoms with E-state index in [0.717, 1.165) is 19.9 Å². The van der Waals surface area contributed by atoms with E-state index < -0.39 is 10.8 Å². The van der Waals surface area contributed by atoms with Gasteiger partial charge < -0.3 is 9.47 Å². The third-order valence-electron chi connectivity index (χ3n) is 5.22. The van der Waals surface area contributed by atoms with Crippen LogP contribution >= 0.6 is 22.6 Å². The molecule has 0 aromatic heterocycles. The van der Waals surface area contributed by atoms with Crippen molar-refractivity contribution in [3.8, 4) is 11.5 Å². The van der Waals surface area contributed by atoms with Gasteiger partial charge in [-0.25, -0.2) is 5.43 Å². The average molecular weight is 581 g/mol. The summed E-state index contributed by atoms with van der Waals surface area (Å²) in [6.45, 7) is 0.381. The number of hydrazone groups is 1. The number of nitrogens with zero attached hydrogens (tertiary/aromatic N) is 2. The molecule has 176 valence electrons. The highest BCUT2D eigenvalue weighted by Crippen LogP contribution is 2.34. The molecule has 35 heavy (non-hydrogen) atoms. The van der Waals surface area contributed by atoms with Crippen LogP contribution in [0.25, 0.3) is 10.8 Å². The van der Waals surface area contributed by atoms with E-state index in [4.69, 9.17) is 9.47 Å². The van der Waals surface area contributed by atoms with Crippen LogP contribution in [-0.4, -0.2) is 24.2 Å². The second-order valence-corrected chi connectivity index (χ2v) is 8.63. The molecule has 0 radical (unpaired) electrons. The molecule has 4 aromatic rings. The molecular formula is C26H20IN3O5. The van der Waals surface area contributed by atoms with Gasteiger partial charge in [0, 0.05) is 17.7 Å². The van der Waals surface area contributed by atoms with Crippen LogP contribution in [0.3, 0.4) is 0 Å². The summed E-state index contributed by atoms with van der Waals surface area (Å²) >= 11 is 2.17. The first-order chi connectivity index (χ1) is 17.0. The number of nitro benzene ring substituents is 1. The Morgan fingerprint density at radius 2 is 1.83 bits per heavy atom. The number of nitro groups is 1. The number of fused-ring (bicyclic) bond motifs is 1. The molecule has 0 saturated heterocycles. The molecular weight excluding hydrogens is 561 g/mol. The van der Waals surface area contributed by atoms with Gasteiger partial charge in [-0.05, 0) is 68.8 Å². The zero-order chi connectivity index (χ0) is 24.8. The maximum absolute atomic E-state index is 12.2. The summed E-state index contributed by atoms with van der Waals surface area (Å²) in [5.41, 5.74) is 4.36. The van der Waals surface area contributed by atoms with Gasteiger partial charge in [0.2, 0.25) is 0 Å². The van der Waals surface area contributed by atoms with Crippen LogP contribution in [0, 0.1) is 13.7 Å². The molecule has 0 aliphatic rings. The van der Waals surface area contributed by atoms with Gasteiger partial charge in [0.15, 0.2) is 11.5 Å². The highest BCUT2D eigenvalue weighted by molar-refractivity contribution is 14.1. The number of halogens is 1. The topological polar surface area (TPSA) is 103 Å². The van der Waals surface area contributed by atoms with E-state index in [1.165, 1.54) is 30.5 Å². The van der Waals surface area contributed by atoms with Crippen LogP contribution in [0.15, 0.2) is 84.0 Å². The molecule has 8 nitrogen and oxygen atoms in total. The molecule has 0 atom stereocenters. The quantitative estimate of drug-likeness (QED) is 0.124. The summed E-state index contributed by atoms with van der Waals surface area (Å²) in [5, 5.41) is 17.0. The van der Waals surface area contributed by atoms with Gasteiger partial charge in [0.1, 0.15) is 6.61 Å². The zero-order valence-corrected chi connectivity index (χ0v) is 20.8. The first-order valence-corrected chi connectivity index (χ1v) is 11.6. The van der Waals surface area contributed by atoms with Crippen molar-refractivity contribution in [2.24, 2.45) is 5.10 Å². The SMILES string of the molecule is COc1cc(/C=N\NC(=O)c2ccc([N+](=O)[O-])cc2)cc(I)c1OCc1cccc2ccccc12. The number of amides is 1. The molecule has 0 fully saturated rings. The second kappa shape index (κ2) is 11.0. The van der Waals surface area contributed by atoms with Gasteiger partial charge in [-0.15, -0.1) is 0 Å². The summed E-state index contributed by atoms with van der Waals surface area (Å²) in [6, 6.07) is 23.2. The highest BCUT2D eigenvalue weighted by Gasteiger charge is 2.13. The summed E-state index contributed by atoms with van der Waals surface area (Å²) in [4.78, 5) is 22.5. The number of hydrogen-bond acceptors (Lipinski definition) is 6. The number of rotatable bonds is 8. The number of hydrogen-bond donors (Lipinski definition) is 1. The lowest BCUT2D eigenvalue weighted by Crippen LogP contribution is -2.17. The third kappa shape index (κ3) is 5.75. The standard InChI is InChI=1S/C26H20IN3O5/c1-34-24-14-17(15-28-29-26(31)19-9-11-21(12-10-19)30(32)33)13-23(27)25(24)35-16-20-7-4-6-18-5-2-3-8-22(18)20/h2-15H,16H2,1H3,(H,29,31)/b28-15-. The summed E-state index contributed by atoms with van der Waals surface area (Å²) in [6.07, 6.45) is 1.49. The molecule has 4 aromatic carbocycles. The van der Waals surface area contributed by atoms with E-state index >= 15 is 0 Å². The molecule has 0 spiro atoms. The van der Waals surface area contributed by atoms with Crippen LogP contribution in [0.5, 0.6) is 11.5 Å². The van der Waals surface area contributed by atoms with E-state index in [0.29, 0.717) is 23.7 Å². The summed E-state index contributed by atoms with van der Waals surface area (Å²) in [5.74, 6) is 0.682. The molecule has 1 amide bonds. The maximum atomic E-state index is 12.2. The van der Waals surface area contributed by atoms with Crippen LogP contribution in [-0.2, 0) is 6.61 Å². The lowest BCUT2D eigenvalue weighted by molar-refractivity contribution is -0.384. The van der Waals surface area contributed by atoms with Crippen molar-refractivity contribution in [3.05, 3.63) is 109 Å². The molecule has 4 rings (SSSR count). The number of methoxy groups -OCH3 is 1. The second-order valence-electron chi connectivity index (χ2n) is 7.46. The smallest absolute Gasteiger partial charge is 0.271 e. The molecule has 9 heteroatoms. The van der Waals surface area contributed by atoms with E-state index in [1.54, 1.807) is 13.2 Å². The van der Waals surface area contributed by atoms with Gasteiger partial charge in [0.25, 0.3) is 11.6 Å². The van der Waals surface area contributed by atoms with Crippen molar-refractivity contribution in [3.63, 3.8) is 0 Å². The minimum Gasteiger partial charge on any atom is -0.493 e. The zero-order valence-electron chi connectivity index (χ0n) is 18.6. The Bertz CT molecular complexity index is 1420. The molecule has 0 unspecified atom stereocenters. The van der Waals surface area contributed by atoms with Crippen molar-refractivity contribution in [2.75, 3.05) is 7.11 Å². The number of carbonyl (C=O) groups is 1. The van der Waals surface area contributed by atoms with Crippen molar-refractivity contribution < 1.29 is 19.2 Å². The molecule has 0 aliphatic heterocycles. The van der Waals surface area contributed by atoms with Crippen molar-refractivity contribution in [2.45, 2.75) is 6.61 Å². The average Bonchev–Trinajstić information content (AvgIpc) is 2.87. The summed E-state index contributed by atoms with van der Waals surface area (Å²) < 4.78 is 12.5. The maximum Gasteiger partial charge on any atom is 0.271 e. The van der Waals surface area contributed by atoms with Gasteiger partial charge in [0.05, 0.1) is 21.8 Å². The minimum absolute atomic E-state index is 0.0884. The van der Waals surface area contributed by atoms with Crippen LogP contribution < -0.4 is 14.9 Å². The lowest BCUT2D eigenvalue weighted by Gasteiger charge is -2.14. The molecule has 0 bridgehead atoms. The summed E-state index contributed by atoms with van der Waals surface area (Å²) in [7, 11) is 1.56. The van der Waals surface area contributed by atoms with Crippen molar-refractivity contribution >= 4 is 51.2 Å². The third-order valence-corrected chi connectivity index (χ3v) is 6.03. The molecule has 1 N–H and O–H groups in total. The largest absolute Gasteiger partial charge is 0.493 e. The number of benzene rings is 4. The van der Waals surface area contributed by atoms with Crippen LogP contribution in [0.4, 0.5) is 5.69 Å². The minimum atomic E-state index is -0.524. The van der Waals surface area contributed by atoms with Crippen molar-refractivity contribution in [1.29, 1.82) is 0 Å². The number of nitrogens with one attached hydrogen (secondary N) is 1. The Labute approximate surface area is 214 Å². The van der Waals surface area contributed by atoms with E-state index in [9.17, 15) is 14.9 Å². The lowest BCUT2D eigenvalue weighted by atomic mass is 10.1. The molecule has 0 saturated carbocycles. The predicted octanol–water partition coefficient (Wildman–Crippen LogP) is 5.70. The fourth-order valence-corrected chi connectivity index (χ4v) is 4.27. The first kappa shape index (κ1) is 24.1.